The first-order valence-corrected chi connectivity index (χ1v) is 6.28. The van der Waals surface area contributed by atoms with Crippen LogP contribution < -0.4 is 5.32 Å². The second-order valence-corrected chi connectivity index (χ2v) is 4.90. The summed E-state index contributed by atoms with van der Waals surface area (Å²) in [6.07, 6.45) is 0. The van der Waals surface area contributed by atoms with E-state index in [1.54, 1.807) is 0 Å². The molecule has 0 aliphatic carbocycles. The summed E-state index contributed by atoms with van der Waals surface area (Å²) >= 11 is 0. The van der Waals surface area contributed by atoms with E-state index in [9.17, 15) is 0 Å². The molecule has 3 heteroatoms. The molecule has 2 aromatic rings. The number of aryl methyl sites for hydroxylation is 4. The molecule has 0 radical (unpaired) electrons. The largest absolute Gasteiger partial charge is 0.308 e. The van der Waals surface area contributed by atoms with Crippen molar-refractivity contribution in [1.29, 1.82) is 0 Å². The predicted octanol–water partition coefficient (Wildman–Crippen LogP) is 2.65. The van der Waals surface area contributed by atoms with E-state index >= 15 is 0 Å². The molecule has 0 spiro atoms. The molecule has 3 nitrogen and oxygen atoms in total. The molecule has 0 amide bonds. The van der Waals surface area contributed by atoms with Crippen molar-refractivity contribution < 1.29 is 0 Å². The van der Waals surface area contributed by atoms with Gasteiger partial charge in [-0.15, -0.1) is 0 Å². The lowest BCUT2D eigenvalue weighted by Gasteiger charge is -2.15. The standard InChI is InChI=1S/C15H21N3/c1-10-6-7-13(8-11(10)2)15(16-4)14-9-12(3)18(5)17-14/h6-9,15-16H,1-5H3. The van der Waals surface area contributed by atoms with Gasteiger partial charge in [-0.25, -0.2) is 0 Å². The van der Waals surface area contributed by atoms with Crippen LogP contribution in [0.2, 0.25) is 0 Å². The Morgan fingerprint density at radius 2 is 1.83 bits per heavy atom. The third kappa shape index (κ3) is 2.31. The van der Waals surface area contributed by atoms with Crippen molar-refractivity contribution in [3.05, 3.63) is 52.3 Å². The molecule has 2 rings (SSSR count). The fourth-order valence-corrected chi connectivity index (χ4v) is 2.16. The fraction of sp³-hybridized carbons (Fsp3) is 0.400. The Balaban J connectivity index is 2.41. The SMILES string of the molecule is CNC(c1ccc(C)c(C)c1)c1cc(C)n(C)n1. The summed E-state index contributed by atoms with van der Waals surface area (Å²) in [5.41, 5.74) is 6.15. The number of nitrogens with zero attached hydrogens (tertiary/aromatic N) is 2. The van der Waals surface area contributed by atoms with Crippen LogP contribution in [0.1, 0.15) is 34.1 Å². The molecule has 1 unspecified atom stereocenters. The van der Waals surface area contributed by atoms with E-state index in [-0.39, 0.29) is 6.04 Å². The molecule has 1 aromatic carbocycles. The van der Waals surface area contributed by atoms with Gasteiger partial charge in [-0.1, -0.05) is 18.2 Å². The average molecular weight is 243 g/mol. The molecule has 1 aromatic heterocycles. The van der Waals surface area contributed by atoms with Crippen molar-refractivity contribution >= 4 is 0 Å². The highest BCUT2D eigenvalue weighted by Crippen LogP contribution is 2.23. The summed E-state index contributed by atoms with van der Waals surface area (Å²) in [4.78, 5) is 0. The molecule has 1 heterocycles. The topological polar surface area (TPSA) is 29.9 Å². The highest BCUT2D eigenvalue weighted by Gasteiger charge is 2.16. The van der Waals surface area contributed by atoms with Crippen molar-refractivity contribution in [3.8, 4) is 0 Å². The van der Waals surface area contributed by atoms with Gasteiger partial charge in [-0.05, 0) is 50.6 Å². The van der Waals surface area contributed by atoms with Gasteiger partial charge < -0.3 is 5.32 Å². The molecule has 18 heavy (non-hydrogen) atoms. The summed E-state index contributed by atoms with van der Waals surface area (Å²) < 4.78 is 1.92. The highest BCUT2D eigenvalue weighted by molar-refractivity contribution is 5.35. The fourth-order valence-electron chi connectivity index (χ4n) is 2.16. The maximum absolute atomic E-state index is 4.56. The molecular weight excluding hydrogens is 222 g/mol. The van der Waals surface area contributed by atoms with Gasteiger partial charge in [0.2, 0.25) is 0 Å². The second kappa shape index (κ2) is 4.94. The van der Waals surface area contributed by atoms with Gasteiger partial charge in [-0.2, -0.15) is 5.10 Å². The Labute approximate surface area is 109 Å². The minimum Gasteiger partial charge on any atom is -0.308 e. The monoisotopic (exact) mass is 243 g/mol. The second-order valence-electron chi connectivity index (χ2n) is 4.90. The summed E-state index contributed by atoms with van der Waals surface area (Å²) in [5, 5.41) is 7.91. The first kappa shape index (κ1) is 12.8. The summed E-state index contributed by atoms with van der Waals surface area (Å²) in [6, 6.07) is 8.87. The van der Waals surface area contributed by atoms with Gasteiger partial charge in [0.1, 0.15) is 0 Å². The lowest BCUT2D eigenvalue weighted by molar-refractivity contribution is 0.638. The molecule has 1 N–H and O–H groups in total. The third-order valence-corrected chi connectivity index (χ3v) is 3.58. The van der Waals surface area contributed by atoms with Crippen LogP contribution in [0.4, 0.5) is 0 Å². The highest BCUT2D eigenvalue weighted by atomic mass is 15.3. The number of benzene rings is 1. The maximum atomic E-state index is 4.56. The lowest BCUT2D eigenvalue weighted by atomic mass is 9.99. The normalized spacial score (nSPS) is 12.7. The Kier molecular flexibility index (Phi) is 3.53. The van der Waals surface area contributed by atoms with Crippen molar-refractivity contribution in [3.63, 3.8) is 0 Å². The molecule has 0 fully saturated rings. The predicted molar refractivity (Wildman–Crippen MR) is 74.8 cm³/mol. The van der Waals surface area contributed by atoms with Crippen LogP contribution in [0.5, 0.6) is 0 Å². The van der Waals surface area contributed by atoms with Gasteiger partial charge in [-0.3, -0.25) is 4.68 Å². The van der Waals surface area contributed by atoms with E-state index in [0.29, 0.717) is 0 Å². The molecule has 0 bridgehead atoms. The molecule has 96 valence electrons. The van der Waals surface area contributed by atoms with Gasteiger partial charge >= 0.3 is 0 Å². The quantitative estimate of drug-likeness (QED) is 0.898. The Hall–Kier alpha value is -1.61. The summed E-state index contributed by atoms with van der Waals surface area (Å²) in [7, 11) is 3.95. The Bertz CT molecular complexity index is 535. The average Bonchev–Trinajstić information content (AvgIpc) is 2.65. The van der Waals surface area contributed by atoms with Crippen molar-refractivity contribution in [1.82, 2.24) is 15.1 Å². The zero-order chi connectivity index (χ0) is 13.3. The zero-order valence-electron chi connectivity index (χ0n) is 11.8. The molecule has 0 aliphatic heterocycles. The van der Waals surface area contributed by atoms with Gasteiger partial charge in [0.15, 0.2) is 0 Å². The number of hydrogen-bond acceptors (Lipinski definition) is 2. The van der Waals surface area contributed by atoms with E-state index in [2.05, 4.69) is 55.5 Å². The first-order chi connectivity index (χ1) is 8.52. The van der Waals surface area contributed by atoms with Crippen molar-refractivity contribution in [2.24, 2.45) is 7.05 Å². The van der Waals surface area contributed by atoms with Gasteiger partial charge in [0.25, 0.3) is 0 Å². The third-order valence-electron chi connectivity index (χ3n) is 3.58. The van der Waals surface area contributed by atoms with Crippen molar-refractivity contribution in [2.75, 3.05) is 7.05 Å². The molecule has 0 saturated carbocycles. The smallest absolute Gasteiger partial charge is 0.0841 e. The maximum Gasteiger partial charge on any atom is 0.0841 e. The molecule has 0 aliphatic rings. The number of hydrogen-bond donors (Lipinski definition) is 1. The number of aromatic nitrogens is 2. The molecule has 0 saturated heterocycles. The Morgan fingerprint density at radius 1 is 1.11 bits per heavy atom. The van der Waals surface area contributed by atoms with Crippen LogP contribution >= 0.6 is 0 Å². The van der Waals surface area contributed by atoms with Crippen LogP contribution in [0.3, 0.4) is 0 Å². The van der Waals surface area contributed by atoms with Crippen LogP contribution in [-0.4, -0.2) is 16.8 Å². The number of nitrogens with one attached hydrogen (secondary N) is 1. The Morgan fingerprint density at radius 3 is 2.33 bits per heavy atom. The van der Waals surface area contributed by atoms with E-state index in [4.69, 9.17) is 0 Å². The van der Waals surface area contributed by atoms with Crippen LogP contribution in [0.15, 0.2) is 24.3 Å². The van der Waals surface area contributed by atoms with Gasteiger partial charge in [0, 0.05) is 12.7 Å². The number of rotatable bonds is 3. The lowest BCUT2D eigenvalue weighted by Crippen LogP contribution is -2.18. The van der Waals surface area contributed by atoms with E-state index in [0.717, 1.165) is 5.69 Å². The molecular formula is C15H21N3. The van der Waals surface area contributed by atoms with E-state index in [1.807, 2.05) is 18.8 Å². The van der Waals surface area contributed by atoms with Gasteiger partial charge in [0.05, 0.1) is 11.7 Å². The summed E-state index contributed by atoms with van der Waals surface area (Å²) in [5.74, 6) is 0. The van der Waals surface area contributed by atoms with Crippen LogP contribution in [0, 0.1) is 20.8 Å². The van der Waals surface area contributed by atoms with E-state index < -0.39 is 0 Å². The molecule has 1 atom stereocenters. The summed E-state index contributed by atoms with van der Waals surface area (Å²) in [6.45, 7) is 6.36. The zero-order valence-corrected chi connectivity index (χ0v) is 11.8. The van der Waals surface area contributed by atoms with E-state index in [1.165, 1.54) is 22.4 Å². The minimum absolute atomic E-state index is 0.157. The first-order valence-electron chi connectivity index (χ1n) is 6.28. The van der Waals surface area contributed by atoms with Crippen molar-refractivity contribution in [2.45, 2.75) is 26.8 Å². The van der Waals surface area contributed by atoms with Crippen LogP contribution in [-0.2, 0) is 7.05 Å². The minimum atomic E-state index is 0.157. The van der Waals surface area contributed by atoms with Crippen LogP contribution in [0.25, 0.3) is 0 Å².